The molecule has 8 nitrogen and oxygen atoms in total. The van der Waals surface area contributed by atoms with E-state index in [1.165, 1.54) is 7.05 Å². The predicted molar refractivity (Wildman–Crippen MR) is 88.2 cm³/mol. The zero-order chi connectivity index (χ0) is 17.4. The molecule has 23 heavy (non-hydrogen) atoms. The number of hydrogen-bond acceptors (Lipinski definition) is 6. The van der Waals surface area contributed by atoms with E-state index >= 15 is 0 Å². The van der Waals surface area contributed by atoms with Gasteiger partial charge in [0.05, 0.1) is 0 Å². The van der Waals surface area contributed by atoms with Crippen LogP contribution in [0.4, 0.5) is 11.4 Å². The van der Waals surface area contributed by atoms with Crippen molar-refractivity contribution in [2.24, 2.45) is 0 Å². The van der Waals surface area contributed by atoms with Gasteiger partial charge in [-0.15, -0.1) is 0 Å². The summed E-state index contributed by atoms with van der Waals surface area (Å²) in [6.45, 7) is 1.68. The summed E-state index contributed by atoms with van der Waals surface area (Å²) in [4.78, 5) is 25.0. The second kappa shape index (κ2) is 9.09. The summed E-state index contributed by atoms with van der Waals surface area (Å²) in [5.74, 6) is -1.68. The van der Waals surface area contributed by atoms with Gasteiger partial charge in [-0.05, 0) is 38.4 Å². The molecule has 0 bridgehead atoms. The van der Waals surface area contributed by atoms with E-state index in [1.54, 1.807) is 24.3 Å². The number of likely N-dealkylation sites (N-methyl/N-ethyl adjacent to an activating group) is 2. The Balaban J connectivity index is 2.54. The molecule has 0 saturated carbocycles. The van der Waals surface area contributed by atoms with Gasteiger partial charge < -0.3 is 31.1 Å². The zero-order valence-electron chi connectivity index (χ0n) is 13.5. The van der Waals surface area contributed by atoms with E-state index in [4.69, 9.17) is 0 Å². The van der Waals surface area contributed by atoms with Gasteiger partial charge in [-0.2, -0.15) is 0 Å². The van der Waals surface area contributed by atoms with Crippen molar-refractivity contribution in [3.8, 4) is 0 Å². The van der Waals surface area contributed by atoms with Crippen LogP contribution in [0.3, 0.4) is 0 Å². The fourth-order valence-electron chi connectivity index (χ4n) is 1.75. The summed E-state index contributed by atoms with van der Waals surface area (Å²) in [6.07, 6.45) is -3.65. The lowest BCUT2D eigenvalue weighted by Gasteiger charge is -2.16. The van der Waals surface area contributed by atoms with E-state index in [1.807, 2.05) is 14.1 Å². The van der Waals surface area contributed by atoms with Gasteiger partial charge in [0.1, 0.15) is 0 Å². The summed E-state index contributed by atoms with van der Waals surface area (Å²) in [6, 6.07) is 6.89. The lowest BCUT2D eigenvalue weighted by molar-refractivity contribution is -0.142. The summed E-state index contributed by atoms with van der Waals surface area (Å²) < 4.78 is 0. The zero-order valence-corrected chi connectivity index (χ0v) is 13.5. The standard InChI is InChI=1S/C15H24N4O4/c1-16-14(22)12(20)13(21)15(23)18-11-6-4-10(5-7-11)17-8-9-19(2)3/h4-7,12-13,17,20-21H,8-9H2,1-3H3,(H,16,22)(H,18,23). The first-order valence-electron chi connectivity index (χ1n) is 7.22. The molecule has 0 aliphatic carbocycles. The number of amides is 2. The second-order valence-corrected chi connectivity index (χ2v) is 5.30. The number of benzene rings is 1. The van der Waals surface area contributed by atoms with Gasteiger partial charge in [-0.3, -0.25) is 9.59 Å². The van der Waals surface area contributed by atoms with Crippen molar-refractivity contribution in [2.45, 2.75) is 12.2 Å². The Kier molecular flexibility index (Phi) is 7.46. The molecule has 8 heteroatoms. The second-order valence-electron chi connectivity index (χ2n) is 5.30. The first kappa shape index (κ1) is 18.9. The number of carbonyl (C=O) groups excluding carboxylic acids is 2. The summed E-state index contributed by atoms with van der Waals surface area (Å²) in [5, 5.41) is 26.9. The molecule has 0 saturated heterocycles. The average molecular weight is 324 g/mol. The lowest BCUT2D eigenvalue weighted by Crippen LogP contribution is -2.46. The molecule has 0 aliphatic heterocycles. The molecule has 1 rings (SSSR count). The number of aliphatic hydroxyl groups excluding tert-OH is 2. The third-order valence-corrected chi connectivity index (χ3v) is 3.12. The smallest absolute Gasteiger partial charge is 0.256 e. The summed E-state index contributed by atoms with van der Waals surface area (Å²) in [7, 11) is 5.27. The third-order valence-electron chi connectivity index (χ3n) is 3.12. The Hall–Kier alpha value is -2.16. The van der Waals surface area contributed by atoms with Gasteiger partial charge in [0.2, 0.25) is 0 Å². The molecule has 0 aliphatic rings. The van der Waals surface area contributed by atoms with Gasteiger partial charge >= 0.3 is 0 Å². The highest BCUT2D eigenvalue weighted by Gasteiger charge is 2.29. The molecular weight excluding hydrogens is 300 g/mol. The van der Waals surface area contributed by atoms with Crippen LogP contribution in [0.5, 0.6) is 0 Å². The topological polar surface area (TPSA) is 114 Å². The summed E-state index contributed by atoms with van der Waals surface area (Å²) >= 11 is 0. The van der Waals surface area contributed by atoms with Crippen molar-refractivity contribution in [3.05, 3.63) is 24.3 Å². The van der Waals surface area contributed by atoms with Gasteiger partial charge in [-0.1, -0.05) is 0 Å². The van der Waals surface area contributed by atoms with Crippen LogP contribution in [0.15, 0.2) is 24.3 Å². The monoisotopic (exact) mass is 324 g/mol. The Labute approximate surface area is 135 Å². The van der Waals surface area contributed by atoms with Gasteiger partial charge in [0.15, 0.2) is 12.2 Å². The molecular formula is C15H24N4O4. The van der Waals surface area contributed by atoms with Crippen LogP contribution in [0.1, 0.15) is 0 Å². The molecule has 0 fully saturated rings. The van der Waals surface area contributed by atoms with E-state index in [9.17, 15) is 19.8 Å². The molecule has 1 aromatic rings. The Bertz CT molecular complexity index is 519. The van der Waals surface area contributed by atoms with Crippen LogP contribution < -0.4 is 16.0 Å². The molecule has 0 heterocycles. The number of rotatable bonds is 8. The largest absolute Gasteiger partial charge is 0.384 e. The predicted octanol–water partition coefficient (Wildman–Crippen LogP) is -0.934. The highest BCUT2D eigenvalue weighted by Crippen LogP contribution is 2.14. The van der Waals surface area contributed by atoms with E-state index in [2.05, 4.69) is 20.9 Å². The maximum atomic E-state index is 11.8. The Morgan fingerprint density at radius 1 is 1.04 bits per heavy atom. The maximum absolute atomic E-state index is 11.8. The minimum Gasteiger partial charge on any atom is -0.384 e. The minimum atomic E-state index is -1.84. The molecule has 128 valence electrons. The maximum Gasteiger partial charge on any atom is 0.256 e. The first-order chi connectivity index (χ1) is 10.8. The highest BCUT2D eigenvalue weighted by molar-refractivity contribution is 5.98. The normalized spacial score (nSPS) is 13.3. The minimum absolute atomic E-state index is 0.455. The number of carbonyl (C=O) groups is 2. The first-order valence-corrected chi connectivity index (χ1v) is 7.22. The fraction of sp³-hybridized carbons (Fsp3) is 0.467. The van der Waals surface area contributed by atoms with Gasteiger partial charge in [0, 0.05) is 31.5 Å². The van der Waals surface area contributed by atoms with Crippen LogP contribution in [-0.2, 0) is 9.59 Å². The Morgan fingerprint density at radius 2 is 1.57 bits per heavy atom. The third kappa shape index (κ3) is 6.23. The molecule has 1 aromatic carbocycles. The number of anilines is 2. The van der Waals surface area contributed by atoms with E-state index in [-0.39, 0.29) is 0 Å². The van der Waals surface area contributed by atoms with Crippen LogP contribution in [0.25, 0.3) is 0 Å². The average Bonchev–Trinajstić information content (AvgIpc) is 2.53. The van der Waals surface area contributed by atoms with Crippen molar-refractivity contribution >= 4 is 23.2 Å². The van der Waals surface area contributed by atoms with Crippen LogP contribution in [0.2, 0.25) is 0 Å². The van der Waals surface area contributed by atoms with Gasteiger partial charge in [-0.25, -0.2) is 0 Å². The summed E-state index contributed by atoms with van der Waals surface area (Å²) in [5.41, 5.74) is 1.35. The SMILES string of the molecule is CNC(=O)C(O)C(O)C(=O)Nc1ccc(NCCN(C)C)cc1. The van der Waals surface area contributed by atoms with Crippen molar-refractivity contribution < 1.29 is 19.8 Å². The van der Waals surface area contributed by atoms with Crippen molar-refractivity contribution in [1.29, 1.82) is 0 Å². The molecule has 0 radical (unpaired) electrons. The molecule has 0 aromatic heterocycles. The van der Waals surface area contributed by atoms with E-state index in [0.29, 0.717) is 5.69 Å². The van der Waals surface area contributed by atoms with E-state index < -0.39 is 24.0 Å². The molecule has 5 N–H and O–H groups in total. The van der Waals surface area contributed by atoms with Crippen molar-refractivity contribution in [2.75, 3.05) is 44.9 Å². The fourth-order valence-corrected chi connectivity index (χ4v) is 1.75. The van der Waals surface area contributed by atoms with Crippen LogP contribution in [0, 0.1) is 0 Å². The number of nitrogens with zero attached hydrogens (tertiary/aromatic N) is 1. The van der Waals surface area contributed by atoms with Crippen molar-refractivity contribution in [3.63, 3.8) is 0 Å². The number of hydrogen-bond donors (Lipinski definition) is 5. The van der Waals surface area contributed by atoms with Crippen LogP contribution in [-0.4, -0.2) is 73.4 Å². The molecule has 0 spiro atoms. The van der Waals surface area contributed by atoms with Crippen LogP contribution >= 0.6 is 0 Å². The van der Waals surface area contributed by atoms with E-state index in [0.717, 1.165) is 18.8 Å². The number of aliphatic hydroxyl groups is 2. The highest BCUT2D eigenvalue weighted by atomic mass is 16.3. The van der Waals surface area contributed by atoms with Gasteiger partial charge in [0.25, 0.3) is 11.8 Å². The molecule has 2 unspecified atom stereocenters. The molecule has 2 atom stereocenters. The molecule has 2 amide bonds. The lowest BCUT2D eigenvalue weighted by atomic mass is 10.1. The Morgan fingerprint density at radius 3 is 2.09 bits per heavy atom. The quantitative estimate of drug-likeness (QED) is 0.422. The van der Waals surface area contributed by atoms with Crippen molar-refractivity contribution in [1.82, 2.24) is 10.2 Å². The number of nitrogens with one attached hydrogen (secondary N) is 3.